The minimum Gasteiger partial charge on any atom is -0.348 e. The van der Waals surface area contributed by atoms with Crippen LogP contribution in [0.4, 0.5) is 4.39 Å². The molecule has 0 aromatic heterocycles. The van der Waals surface area contributed by atoms with Crippen LogP contribution >= 0.6 is 0 Å². The summed E-state index contributed by atoms with van der Waals surface area (Å²) in [5.74, 6) is -0.914. The fourth-order valence-corrected chi connectivity index (χ4v) is 1.07. The Bertz CT molecular complexity index is 360. The van der Waals surface area contributed by atoms with Crippen LogP contribution in [0.25, 0.3) is 0 Å². The second-order valence-electron chi connectivity index (χ2n) is 2.98. The van der Waals surface area contributed by atoms with Crippen LogP contribution in [0.15, 0.2) is 30.9 Å². The molecule has 1 aromatic rings. The van der Waals surface area contributed by atoms with Gasteiger partial charge in [-0.2, -0.15) is 0 Å². The van der Waals surface area contributed by atoms with E-state index in [1.165, 1.54) is 12.1 Å². The molecule has 0 aliphatic carbocycles. The van der Waals surface area contributed by atoms with Gasteiger partial charge in [0.25, 0.3) is 5.91 Å². The van der Waals surface area contributed by atoms with Crippen molar-refractivity contribution in [2.45, 2.75) is 6.92 Å². The highest BCUT2D eigenvalue weighted by Gasteiger charge is 2.09. The van der Waals surface area contributed by atoms with Crippen molar-refractivity contribution in [2.75, 3.05) is 6.54 Å². The van der Waals surface area contributed by atoms with E-state index >= 15 is 0 Å². The minimum absolute atomic E-state index is 0.0758. The summed E-state index contributed by atoms with van der Waals surface area (Å²) in [5.41, 5.74) is 0.932. The number of hydrogen-bond acceptors (Lipinski definition) is 1. The third-order valence-electron chi connectivity index (χ3n) is 1.77. The lowest BCUT2D eigenvalue weighted by Gasteiger charge is -2.04. The lowest BCUT2D eigenvalue weighted by molar-refractivity contribution is 0.0954. The van der Waals surface area contributed by atoms with Crippen LogP contribution in [0, 0.1) is 12.7 Å². The van der Waals surface area contributed by atoms with Gasteiger partial charge >= 0.3 is 0 Å². The highest BCUT2D eigenvalue weighted by molar-refractivity contribution is 5.94. The summed E-state index contributed by atoms with van der Waals surface area (Å²) in [6.45, 7) is 5.61. The molecular weight excluding hydrogens is 181 g/mol. The Balaban J connectivity index is 2.88. The van der Waals surface area contributed by atoms with Gasteiger partial charge in [0.1, 0.15) is 5.82 Å². The zero-order valence-corrected chi connectivity index (χ0v) is 8.01. The molecule has 1 rings (SSSR count). The predicted molar refractivity (Wildman–Crippen MR) is 53.7 cm³/mol. The first-order valence-corrected chi connectivity index (χ1v) is 4.30. The molecule has 0 aliphatic heterocycles. The van der Waals surface area contributed by atoms with Crippen molar-refractivity contribution in [3.63, 3.8) is 0 Å². The molecule has 0 saturated carbocycles. The number of hydrogen-bond donors (Lipinski definition) is 1. The molecule has 3 heteroatoms. The third-order valence-corrected chi connectivity index (χ3v) is 1.77. The number of halogens is 1. The van der Waals surface area contributed by atoms with Crippen molar-refractivity contribution in [1.82, 2.24) is 5.32 Å². The van der Waals surface area contributed by atoms with Gasteiger partial charge in [-0.1, -0.05) is 17.7 Å². The van der Waals surface area contributed by atoms with Gasteiger partial charge in [0.05, 0.1) is 5.56 Å². The zero-order valence-electron chi connectivity index (χ0n) is 8.01. The molecule has 0 spiro atoms. The number of aryl methyl sites for hydroxylation is 1. The molecule has 0 unspecified atom stereocenters. The van der Waals surface area contributed by atoms with E-state index in [0.717, 1.165) is 5.56 Å². The Kier molecular flexibility index (Phi) is 3.40. The van der Waals surface area contributed by atoms with E-state index in [1.54, 1.807) is 12.1 Å². The molecule has 14 heavy (non-hydrogen) atoms. The molecule has 0 bridgehead atoms. The molecule has 0 atom stereocenters. The average Bonchev–Trinajstić information content (AvgIpc) is 2.18. The van der Waals surface area contributed by atoms with Crippen LogP contribution in [0.3, 0.4) is 0 Å². The fourth-order valence-electron chi connectivity index (χ4n) is 1.07. The van der Waals surface area contributed by atoms with Crippen LogP contribution in [-0.4, -0.2) is 12.5 Å². The molecular formula is C11H12FNO. The van der Waals surface area contributed by atoms with E-state index in [4.69, 9.17) is 0 Å². The number of benzene rings is 1. The van der Waals surface area contributed by atoms with Crippen molar-refractivity contribution in [3.8, 4) is 0 Å². The molecule has 0 aliphatic rings. The first-order valence-electron chi connectivity index (χ1n) is 4.30. The molecule has 0 radical (unpaired) electrons. The number of amides is 1. The lowest BCUT2D eigenvalue weighted by atomic mass is 10.1. The van der Waals surface area contributed by atoms with Crippen molar-refractivity contribution >= 4 is 5.91 Å². The van der Waals surface area contributed by atoms with E-state index in [-0.39, 0.29) is 5.56 Å². The zero-order chi connectivity index (χ0) is 10.6. The lowest BCUT2D eigenvalue weighted by Crippen LogP contribution is -2.24. The maximum absolute atomic E-state index is 13.2. The first kappa shape index (κ1) is 10.4. The molecule has 1 amide bonds. The van der Waals surface area contributed by atoms with Gasteiger partial charge in [0.2, 0.25) is 0 Å². The summed E-state index contributed by atoms with van der Waals surface area (Å²) in [5, 5.41) is 2.52. The van der Waals surface area contributed by atoms with E-state index in [2.05, 4.69) is 11.9 Å². The summed E-state index contributed by atoms with van der Waals surface area (Å²) in [6, 6.07) is 4.44. The van der Waals surface area contributed by atoms with E-state index < -0.39 is 11.7 Å². The van der Waals surface area contributed by atoms with Crippen LogP contribution in [0.2, 0.25) is 0 Å². The van der Waals surface area contributed by atoms with Gasteiger partial charge in [-0.15, -0.1) is 6.58 Å². The third kappa shape index (κ3) is 2.42. The molecule has 0 saturated heterocycles. The van der Waals surface area contributed by atoms with Gasteiger partial charge in [-0.25, -0.2) is 4.39 Å². The Morgan fingerprint density at radius 1 is 1.64 bits per heavy atom. The van der Waals surface area contributed by atoms with Crippen LogP contribution in [0.1, 0.15) is 15.9 Å². The summed E-state index contributed by atoms with van der Waals surface area (Å²) in [7, 11) is 0. The monoisotopic (exact) mass is 193 g/mol. The van der Waals surface area contributed by atoms with Crippen LogP contribution < -0.4 is 5.32 Å². The Labute approximate surface area is 82.4 Å². The first-order chi connectivity index (χ1) is 6.65. The van der Waals surface area contributed by atoms with Gasteiger partial charge in [-0.05, 0) is 19.1 Å². The summed E-state index contributed by atoms with van der Waals surface area (Å²) in [6.07, 6.45) is 1.55. The standard InChI is InChI=1S/C11H12FNO/c1-3-6-13-11(14)9-7-8(2)4-5-10(9)12/h3-5,7H,1,6H2,2H3,(H,13,14). The number of carbonyl (C=O) groups is 1. The fraction of sp³-hybridized carbons (Fsp3) is 0.182. The Morgan fingerprint density at radius 2 is 2.36 bits per heavy atom. The van der Waals surface area contributed by atoms with Crippen LogP contribution in [-0.2, 0) is 0 Å². The van der Waals surface area contributed by atoms with E-state index in [1.807, 2.05) is 6.92 Å². The van der Waals surface area contributed by atoms with Gasteiger partial charge < -0.3 is 5.32 Å². The van der Waals surface area contributed by atoms with Crippen LogP contribution in [0.5, 0.6) is 0 Å². The molecule has 0 fully saturated rings. The topological polar surface area (TPSA) is 29.1 Å². The minimum atomic E-state index is -0.503. The smallest absolute Gasteiger partial charge is 0.254 e. The summed E-state index contributed by atoms with van der Waals surface area (Å²) >= 11 is 0. The maximum atomic E-state index is 13.2. The van der Waals surface area contributed by atoms with Gasteiger partial charge in [0.15, 0.2) is 0 Å². The van der Waals surface area contributed by atoms with Gasteiger partial charge in [0, 0.05) is 6.54 Å². The summed E-state index contributed by atoms with van der Waals surface area (Å²) in [4.78, 5) is 11.4. The molecule has 74 valence electrons. The SMILES string of the molecule is C=CCNC(=O)c1cc(C)ccc1F. The van der Waals surface area contributed by atoms with E-state index in [9.17, 15) is 9.18 Å². The highest BCUT2D eigenvalue weighted by atomic mass is 19.1. The quantitative estimate of drug-likeness (QED) is 0.731. The maximum Gasteiger partial charge on any atom is 0.254 e. The van der Waals surface area contributed by atoms with Gasteiger partial charge in [-0.3, -0.25) is 4.79 Å². The Morgan fingerprint density at radius 3 is 3.00 bits per heavy atom. The number of rotatable bonds is 3. The average molecular weight is 193 g/mol. The number of nitrogens with one attached hydrogen (secondary N) is 1. The molecule has 1 N–H and O–H groups in total. The predicted octanol–water partition coefficient (Wildman–Crippen LogP) is 2.05. The van der Waals surface area contributed by atoms with Crippen molar-refractivity contribution in [1.29, 1.82) is 0 Å². The molecule has 0 heterocycles. The second kappa shape index (κ2) is 4.56. The second-order valence-corrected chi connectivity index (χ2v) is 2.98. The highest BCUT2D eigenvalue weighted by Crippen LogP contribution is 2.09. The number of carbonyl (C=O) groups excluding carboxylic acids is 1. The van der Waals surface area contributed by atoms with Crippen molar-refractivity contribution in [3.05, 3.63) is 47.8 Å². The van der Waals surface area contributed by atoms with Crippen molar-refractivity contribution < 1.29 is 9.18 Å². The van der Waals surface area contributed by atoms with Crippen molar-refractivity contribution in [2.24, 2.45) is 0 Å². The largest absolute Gasteiger partial charge is 0.348 e. The normalized spacial score (nSPS) is 9.57. The Hall–Kier alpha value is -1.64. The molecule has 2 nitrogen and oxygen atoms in total. The van der Waals surface area contributed by atoms with E-state index in [0.29, 0.717) is 6.54 Å². The summed E-state index contributed by atoms with van der Waals surface area (Å²) < 4.78 is 13.2. The molecule has 1 aromatic carbocycles.